The van der Waals surface area contributed by atoms with Gasteiger partial charge in [0.15, 0.2) is 5.76 Å². The van der Waals surface area contributed by atoms with Crippen LogP contribution >= 0.6 is 0 Å². The van der Waals surface area contributed by atoms with Gasteiger partial charge in [-0.05, 0) is 24.6 Å². The highest BCUT2D eigenvalue weighted by Gasteiger charge is 2.19. The van der Waals surface area contributed by atoms with Crippen LogP contribution in [0.4, 0.5) is 0 Å². The van der Waals surface area contributed by atoms with E-state index in [-0.39, 0.29) is 11.4 Å². The third-order valence-corrected chi connectivity index (χ3v) is 5.56. The first-order valence-corrected chi connectivity index (χ1v) is 9.86. The van der Waals surface area contributed by atoms with Crippen molar-refractivity contribution in [2.24, 2.45) is 0 Å². The molecular formula is C20H17N3O3S. The van der Waals surface area contributed by atoms with Crippen LogP contribution in [0.25, 0.3) is 22.2 Å². The van der Waals surface area contributed by atoms with Crippen molar-refractivity contribution in [2.45, 2.75) is 18.4 Å². The first kappa shape index (κ1) is 17.4. The number of pyridine rings is 1. The summed E-state index contributed by atoms with van der Waals surface area (Å²) >= 11 is 0. The molecule has 136 valence electrons. The van der Waals surface area contributed by atoms with Crippen LogP contribution in [-0.2, 0) is 16.6 Å². The van der Waals surface area contributed by atoms with Gasteiger partial charge in [0.25, 0.3) is 0 Å². The lowest BCUT2D eigenvalue weighted by atomic mass is 10.2. The summed E-state index contributed by atoms with van der Waals surface area (Å²) in [6.07, 6.45) is 3.24. The number of fused-ring (bicyclic) bond motifs is 1. The predicted molar refractivity (Wildman–Crippen MR) is 102 cm³/mol. The van der Waals surface area contributed by atoms with Gasteiger partial charge in [0, 0.05) is 17.1 Å². The molecule has 7 heteroatoms. The Balaban J connectivity index is 1.57. The van der Waals surface area contributed by atoms with Gasteiger partial charge >= 0.3 is 0 Å². The summed E-state index contributed by atoms with van der Waals surface area (Å²) in [5.41, 5.74) is 2.29. The van der Waals surface area contributed by atoms with Crippen molar-refractivity contribution < 1.29 is 12.8 Å². The Morgan fingerprint density at radius 1 is 1.00 bits per heavy atom. The summed E-state index contributed by atoms with van der Waals surface area (Å²) < 4.78 is 33.7. The van der Waals surface area contributed by atoms with Crippen LogP contribution in [0.1, 0.15) is 11.5 Å². The highest BCUT2D eigenvalue weighted by molar-refractivity contribution is 7.89. The fraction of sp³-hybridized carbons (Fsp3) is 0.100. The molecule has 0 bridgehead atoms. The second-order valence-electron chi connectivity index (χ2n) is 6.15. The fourth-order valence-electron chi connectivity index (χ4n) is 2.82. The van der Waals surface area contributed by atoms with Gasteiger partial charge in [0.05, 0.1) is 18.3 Å². The molecule has 1 N–H and O–H groups in total. The number of hydrogen-bond acceptors (Lipinski definition) is 5. The number of sulfonamides is 1. The predicted octanol–water partition coefficient (Wildman–Crippen LogP) is 3.68. The molecule has 2 aromatic heterocycles. The molecule has 0 fully saturated rings. The molecule has 4 aromatic rings. The van der Waals surface area contributed by atoms with Crippen LogP contribution < -0.4 is 4.72 Å². The average Bonchev–Trinajstić information content (AvgIpc) is 3.16. The topological polar surface area (TPSA) is 85.1 Å². The van der Waals surface area contributed by atoms with Crippen LogP contribution in [0.3, 0.4) is 0 Å². The number of rotatable bonds is 5. The van der Waals surface area contributed by atoms with Crippen molar-refractivity contribution in [2.75, 3.05) is 0 Å². The van der Waals surface area contributed by atoms with E-state index >= 15 is 0 Å². The second-order valence-corrected chi connectivity index (χ2v) is 7.88. The van der Waals surface area contributed by atoms with Crippen molar-refractivity contribution in [3.8, 4) is 11.3 Å². The quantitative estimate of drug-likeness (QED) is 0.572. The third kappa shape index (κ3) is 3.60. The highest BCUT2D eigenvalue weighted by atomic mass is 32.2. The molecule has 0 aliphatic carbocycles. The molecule has 0 aliphatic heterocycles. The molecule has 0 unspecified atom stereocenters. The average molecular weight is 379 g/mol. The fourth-order valence-corrected chi connectivity index (χ4v) is 3.97. The standard InChI is InChI=1S/C20H17N3O3S/c1-14-10-16-8-5-9-18(20(16)22-11-14)27(24,25)23-13-19-21-12-17(26-19)15-6-3-2-4-7-15/h2-12,23H,13H2,1H3. The van der Waals surface area contributed by atoms with Gasteiger partial charge in [-0.3, -0.25) is 4.98 Å². The maximum atomic E-state index is 12.8. The van der Waals surface area contributed by atoms with Gasteiger partial charge in [-0.2, -0.15) is 0 Å². The van der Waals surface area contributed by atoms with E-state index in [0.717, 1.165) is 16.5 Å². The smallest absolute Gasteiger partial charge is 0.243 e. The van der Waals surface area contributed by atoms with Crippen molar-refractivity contribution in [1.29, 1.82) is 0 Å². The largest absolute Gasteiger partial charge is 0.439 e. The zero-order valence-corrected chi connectivity index (χ0v) is 15.4. The van der Waals surface area contributed by atoms with E-state index in [2.05, 4.69) is 14.7 Å². The number of aromatic nitrogens is 2. The summed E-state index contributed by atoms with van der Waals surface area (Å²) in [5.74, 6) is 0.883. The van der Waals surface area contributed by atoms with E-state index < -0.39 is 10.0 Å². The van der Waals surface area contributed by atoms with E-state index in [0.29, 0.717) is 17.2 Å². The van der Waals surface area contributed by atoms with E-state index in [1.807, 2.05) is 49.4 Å². The molecule has 2 heterocycles. The van der Waals surface area contributed by atoms with E-state index in [4.69, 9.17) is 4.42 Å². The van der Waals surface area contributed by atoms with Gasteiger partial charge in [-0.1, -0.05) is 42.5 Å². The normalized spacial score (nSPS) is 11.7. The zero-order chi connectivity index (χ0) is 18.9. The Morgan fingerprint density at radius 3 is 2.63 bits per heavy atom. The molecule has 0 saturated carbocycles. The highest BCUT2D eigenvalue weighted by Crippen LogP contribution is 2.23. The molecule has 6 nitrogen and oxygen atoms in total. The summed E-state index contributed by atoms with van der Waals surface area (Å²) in [6.45, 7) is 1.87. The molecule has 0 atom stereocenters. The summed E-state index contributed by atoms with van der Waals surface area (Å²) in [4.78, 5) is 8.58. The summed E-state index contributed by atoms with van der Waals surface area (Å²) in [7, 11) is -3.77. The minimum Gasteiger partial charge on any atom is -0.439 e. The lowest BCUT2D eigenvalue weighted by molar-refractivity contribution is 0.495. The van der Waals surface area contributed by atoms with Crippen molar-refractivity contribution in [3.63, 3.8) is 0 Å². The summed E-state index contributed by atoms with van der Waals surface area (Å²) in [6, 6.07) is 16.5. The molecule has 0 saturated heterocycles. The Labute approximate surface area is 157 Å². The molecule has 2 aromatic carbocycles. The second kappa shape index (κ2) is 6.94. The third-order valence-electron chi connectivity index (χ3n) is 4.13. The monoisotopic (exact) mass is 379 g/mol. The molecule has 0 spiro atoms. The van der Waals surface area contributed by atoms with Gasteiger partial charge in [0.2, 0.25) is 15.9 Å². The lowest BCUT2D eigenvalue weighted by Gasteiger charge is -2.08. The van der Waals surface area contributed by atoms with Crippen molar-refractivity contribution >= 4 is 20.9 Å². The van der Waals surface area contributed by atoms with E-state index in [1.165, 1.54) is 6.07 Å². The minimum atomic E-state index is -3.77. The Hall–Kier alpha value is -3.03. The maximum absolute atomic E-state index is 12.8. The number of nitrogens with one attached hydrogen (secondary N) is 1. The molecule has 0 radical (unpaired) electrons. The first-order valence-electron chi connectivity index (χ1n) is 8.38. The number of oxazole rings is 1. The van der Waals surface area contributed by atoms with E-state index in [1.54, 1.807) is 18.5 Å². The Bertz CT molecular complexity index is 1200. The Morgan fingerprint density at radius 2 is 1.81 bits per heavy atom. The zero-order valence-electron chi connectivity index (χ0n) is 14.6. The molecule has 0 amide bonds. The van der Waals surface area contributed by atoms with Crippen molar-refractivity contribution in [1.82, 2.24) is 14.7 Å². The number of nitrogens with zero attached hydrogens (tertiary/aromatic N) is 2. The number of benzene rings is 2. The maximum Gasteiger partial charge on any atom is 0.243 e. The van der Waals surface area contributed by atoms with Crippen LogP contribution in [-0.4, -0.2) is 18.4 Å². The number of hydrogen-bond donors (Lipinski definition) is 1. The van der Waals surface area contributed by atoms with Crippen molar-refractivity contribution in [3.05, 3.63) is 78.4 Å². The van der Waals surface area contributed by atoms with E-state index in [9.17, 15) is 8.42 Å². The van der Waals surface area contributed by atoms with Crippen LogP contribution in [0, 0.1) is 6.92 Å². The van der Waals surface area contributed by atoms with Gasteiger partial charge < -0.3 is 4.42 Å². The number of para-hydroxylation sites is 1. The van der Waals surface area contributed by atoms with Crippen LogP contribution in [0.15, 0.2) is 76.3 Å². The molecule has 4 rings (SSSR count). The van der Waals surface area contributed by atoms with Crippen LogP contribution in [0.5, 0.6) is 0 Å². The molecule has 0 aliphatic rings. The SMILES string of the molecule is Cc1cnc2c(S(=O)(=O)NCc3ncc(-c4ccccc4)o3)cccc2c1. The first-order chi connectivity index (χ1) is 13.0. The lowest BCUT2D eigenvalue weighted by Crippen LogP contribution is -2.23. The van der Waals surface area contributed by atoms with Gasteiger partial charge in [0.1, 0.15) is 4.90 Å². The number of aryl methyl sites for hydroxylation is 1. The van der Waals surface area contributed by atoms with Gasteiger partial charge in [-0.15, -0.1) is 0 Å². The minimum absolute atomic E-state index is 0.0442. The molecular weight excluding hydrogens is 362 g/mol. The Kier molecular flexibility index (Phi) is 4.47. The summed E-state index contributed by atoms with van der Waals surface area (Å²) in [5, 5.41) is 0.778. The molecule has 27 heavy (non-hydrogen) atoms. The van der Waals surface area contributed by atoms with Crippen LogP contribution in [0.2, 0.25) is 0 Å². The van der Waals surface area contributed by atoms with Gasteiger partial charge in [-0.25, -0.2) is 18.1 Å².